The summed E-state index contributed by atoms with van der Waals surface area (Å²) in [6.07, 6.45) is 4.03. The van der Waals surface area contributed by atoms with E-state index in [1.165, 1.54) is 5.57 Å². The molecule has 1 saturated carbocycles. The Hall–Kier alpha value is -1.63. The van der Waals surface area contributed by atoms with E-state index >= 15 is 0 Å². The Bertz CT molecular complexity index is 517. The van der Waals surface area contributed by atoms with Crippen LogP contribution in [0.3, 0.4) is 0 Å². The smallest absolute Gasteiger partial charge is 0.247 e. The van der Waals surface area contributed by atoms with Gasteiger partial charge in [-0.2, -0.15) is 5.26 Å². The molecule has 0 N–H and O–H groups in total. The Labute approximate surface area is 126 Å². The maximum absolute atomic E-state index is 12.6. The van der Waals surface area contributed by atoms with Gasteiger partial charge in [0, 0.05) is 19.0 Å². The van der Waals surface area contributed by atoms with Crippen molar-refractivity contribution in [3.8, 4) is 6.07 Å². The molecule has 2 rings (SSSR count). The summed E-state index contributed by atoms with van der Waals surface area (Å²) in [5, 5.41) is 9.31. The minimum atomic E-state index is -1.12. The molecule has 1 heterocycles. The van der Waals surface area contributed by atoms with E-state index in [4.69, 9.17) is 0 Å². The molecule has 1 aliphatic carbocycles. The van der Waals surface area contributed by atoms with E-state index in [-0.39, 0.29) is 28.9 Å². The number of carbonyl (C=O) groups excluding carboxylic acids is 2. The zero-order chi connectivity index (χ0) is 15.8. The molecule has 114 valence electrons. The van der Waals surface area contributed by atoms with E-state index in [2.05, 4.69) is 6.08 Å². The van der Waals surface area contributed by atoms with Crippen molar-refractivity contribution in [1.29, 1.82) is 5.26 Å². The molecule has 1 amide bonds. The normalized spacial score (nSPS) is 27.7. The summed E-state index contributed by atoms with van der Waals surface area (Å²) in [6, 6.07) is 1.95. The number of likely N-dealkylation sites (tertiary alicyclic amines) is 1. The molecular weight excluding hydrogens is 264 g/mol. The number of nitriles is 1. The lowest BCUT2D eigenvalue weighted by molar-refractivity contribution is -0.138. The largest absolute Gasteiger partial charge is 0.341 e. The molecule has 0 unspecified atom stereocenters. The Balaban J connectivity index is 2.13. The summed E-state index contributed by atoms with van der Waals surface area (Å²) in [4.78, 5) is 26.7. The highest BCUT2D eigenvalue weighted by Crippen LogP contribution is 2.60. The van der Waals surface area contributed by atoms with Crippen molar-refractivity contribution in [2.45, 2.75) is 40.5 Å². The molecule has 0 spiro atoms. The minimum absolute atomic E-state index is 0.144. The third-order valence-corrected chi connectivity index (χ3v) is 4.81. The molecule has 2 fully saturated rings. The average Bonchev–Trinajstić information content (AvgIpc) is 2.82. The number of rotatable bonds is 4. The maximum Gasteiger partial charge on any atom is 0.247 e. The standard InChI is InChI=1S/C17H24N2O2/c1-11(2)9-13-14(17(13,3)4)15(20)12(10-18)16(21)19-7-5-6-8-19/h9,12-14H,5-8H2,1-4H3/t12-,13-,14-/m1/s1. The van der Waals surface area contributed by atoms with Crippen molar-refractivity contribution in [3.05, 3.63) is 11.6 Å². The van der Waals surface area contributed by atoms with E-state index in [0.717, 1.165) is 12.8 Å². The van der Waals surface area contributed by atoms with Gasteiger partial charge >= 0.3 is 0 Å². The molecule has 21 heavy (non-hydrogen) atoms. The van der Waals surface area contributed by atoms with Gasteiger partial charge in [0.25, 0.3) is 0 Å². The summed E-state index contributed by atoms with van der Waals surface area (Å²) < 4.78 is 0. The van der Waals surface area contributed by atoms with Gasteiger partial charge < -0.3 is 4.90 Å². The molecule has 4 heteroatoms. The van der Waals surface area contributed by atoms with Crippen LogP contribution in [0.2, 0.25) is 0 Å². The lowest BCUT2D eigenvalue weighted by atomic mass is 9.96. The first-order valence-corrected chi connectivity index (χ1v) is 7.68. The predicted molar refractivity (Wildman–Crippen MR) is 80.1 cm³/mol. The lowest BCUT2D eigenvalue weighted by Gasteiger charge is -2.18. The first kappa shape index (κ1) is 15.8. The third kappa shape index (κ3) is 2.88. The molecule has 3 atom stereocenters. The molecule has 2 aliphatic rings. The van der Waals surface area contributed by atoms with Gasteiger partial charge in [-0.25, -0.2) is 0 Å². The molecule has 0 radical (unpaired) electrons. The van der Waals surface area contributed by atoms with Crippen molar-refractivity contribution < 1.29 is 9.59 Å². The highest BCUT2D eigenvalue weighted by Gasteiger charge is 2.62. The molecule has 0 aromatic carbocycles. The first-order valence-electron chi connectivity index (χ1n) is 7.68. The molecule has 1 saturated heterocycles. The van der Waals surface area contributed by atoms with Crippen LogP contribution in [0.25, 0.3) is 0 Å². The van der Waals surface area contributed by atoms with Gasteiger partial charge in [0.15, 0.2) is 11.7 Å². The maximum atomic E-state index is 12.6. The Morgan fingerprint density at radius 1 is 1.29 bits per heavy atom. The monoisotopic (exact) mass is 288 g/mol. The quantitative estimate of drug-likeness (QED) is 0.590. The summed E-state index contributed by atoms with van der Waals surface area (Å²) in [7, 11) is 0. The van der Waals surface area contributed by atoms with Gasteiger partial charge in [-0.05, 0) is 38.0 Å². The SMILES string of the molecule is CC(C)=C[C@@H]1[C@H](C(=O)[C@@H](C#N)C(=O)N2CCCC2)C1(C)C. The van der Waals surface area contributed by atoms with E-state index in [9.17, 15) is 14.9 Å². The molecule has 1 aliphatic heterocycles. The summed E-state index contributed by atoms with van der Waals surface area (Å²) >= 11 is 0. The zero-order valence-corrected chi connectivity index (χ0v) is 13.3. The molecular formula is C17H24N2O2. The second kappa shape index (κ2) is 5.63. The topological polar surface area (TPSA) is 61.2 Å². The number of allylic oxidation sites excluding steroid dienone is 2. The number of hydrogen-bond donors (Lipinski definition) is 0. The van der Waals surface area contributed by atoms with Crippen LogP contribution in [-0.2, 0) is 9.59 Å². The van der Waals surface area contributed by atoms with Crippen molar-refractivity contribution in [2.24, 2.45) is 23.2 Å². The van der Waals surface area contributed by atoms with E-state index in [1.54, 1.807) is 4.90 Å². The summed E-state index contributed by atoms with van der Waals surface area (Å²) in [5.74, 6) is -1.66. The number of nitrogens with zero attached hydrogens (tertiary/aromatic N) is 2. The molecule has 0 bridgehead atoms. The fourth-order valence-corrected chi connectivity index (χ4v) is 3.43. The second-order valence-corrected chi connectivity index (χ2v) is 7.07. The lowest BCUT2D eigenvalue weighted by Crippen LogP contribution is -2.38. The summed E-state index contributed by atoms with van der Waals surface area (Å²) in [6.45, 7) is 9.44. The Kier molecular flexibility index (Phi) is 4.22. The molecule has 0 aromatic rings. The first-order chi connectivity index (χ1) is 9.80. The van der Waals surface area contributed by atoms with Gasteiger partial charge in [0.1, 0.15) is 0 Å². The zero-order valence-electron chi connectivity index (χ0n) is 13.3. The van der Waals surface area contributed by atoms with E-state index in [1.807, 2.05) is 33.8 Å². The van der Waals surface area contributed by atoms with Gasteiger partial charge in [-0.1, -0.05) is 25.5 Å². The van der Waals surface area contributed by atoms with E-state index in [0.29, 0.717) is 13.1 Å². The van der Waals surface area contributed by atoms with Crippen LogP contribution in [0, 0.1) is 34.5 Å². The van der Waals surface area contributed by atoms with Crippen molar-refractivity contribution in [1.82, 2.24) is 4.90 Å². The van der Waals surface area contributed by atoms with Crippen LogP contribution in [0.4, 0.5) is 0 Å². The van der Waals surface area contributed by atoms with Gasteiger partial charge in [0.05, 0.1) is 6.07 Å². The van der Waals surface area contributed by atoms with Crippen molar-refractivity contribution >= 4 is 11.7 Å². The molecule has 0 aromatic heterocycles. The van der Waals surface area contributed by atoms with Crippen LogP contribution >= 0.6 is 0 Å². The highest BCUT2D eigenvalue weighted by atomic mass is 16.2. The van der Waals surface area contributed by atoms with E-state index < -0.39 is 5.92 Å². The highest BCUT2D eigenvalue weighted by molar-refractivity contribution is 6.06. The summed E-state index contributed by atoms with van der Waals surface area (Å²) in [5.41, 5.74) is 1.03. The number of hydrogen-bond acceptors (Lipinski definition) is 3. The van der Waals surface area contributed by atoms with Crippen LogP contribution in [0.15, 0.2) is 11.6 Å². The molecule has 4 nitrogen and oxygen atoms in total. The van der Waals surface area contributed by atoms with Gasteiger partial charge in [-0.15, -0.1) is 0 Å². The number of Topliss-reactive ketones (excluding diaryl/α,β-unsaturated/α-hetero) is 1. The predicted octanol–water partition coefficient (Wildman–Crippen LogP) is 2.56. The fourth-order valence-electron chi connectivity index (χ4n) is 3.43. The number of amides is 1. The van der Waals surface area contributed by atoms with Crippen molar-refractivity contribution in [3.63, 3.8) is 0 Å². The van der Waals surface area contributed by atoms with Crippen molar-refractivity contribution in [2.75, 3.05) is 13.1 Å². The number of ketones is 1. The van der Waals surface area contributed by atoms with Gasteiger partial charge in [-0.3, -0.25) is 9.59 Å². The number of carbonyl (C=O) groups is 2. The Morgan fingerprint density at radius 2 is 1.86 bits per heavy atom. The van der Waals surface area contributed by atoms with Crippen LogP contribution < -0.4 is 0 Å². The van der Waals surface area contributed by atoms with Crippen LogP contribution in [0.1, 0.15) is 40.5 Å². The minimum Gasteiger partial charge on any atom is -0.341 e. The van der Waals surface area contributed by atoms with Gasteiger partial charge in [0.2, 0.25) is 5.91 Å². The third-order valence-electron chi connectivity index (χ3n) is 4.81. The Morgan fingerprint density at radius 3 is 2.33 bits per heavy atom. The fraction of sp³-hybridized carbons (Fsp3) is 0.706. The van der Waals surface area contributed by atoms with Crippen LogP contribution in [0.5, 0.6) is 0 Å². The average molecular weight is 288 g/mol. The van der Waals surface area contributed by atoms with Crippen LogP contribution in [-0.4, -0.2) is 29.7 Å². The second-order valence-electron chi connectivity index (χ2n) is 7.07.